The van der Waals surface area contributed by atoms with Crippen LogP contribution in [0.25, 0.3) is 0 Å². The number of carbonyl (C=O) groups excluding carboxylic acids is 2. The van der Waals surface area contributed by atoms with E-state index in [2.05, 4.69) is 5.32 Å². The minimum Gasteiger partial charge on any atom is -0.495 e. The number of hydrogen-bond acceptors (Lipinski definition) is 4. The number of nitrogens with one attached hydrogen (secondary N) is 1. The second-order valence-corrected chi connectivity index (χ2v) is 7.21. The predicted molar refractivity (Wildman–Crippen MR) is 110 cm³/mol. The van der Waals surface area contributed by atoms with Gasteiger partial charge >= 0.3 is 0 Å². The van der Waals surface area contributed by atoms with Gasteiger partial charge in [-0.25, -0.2) is 0 Å². The van der Waals surface area contributed by atoms with E-state index in [0.29, 0.717) is 22.2 Å². The molecule has 1 atom stereocenters. The Morgan fingerprint density at radius 1 is 1.18 bits per heavy atom. The highest BCUT2D eigenvalue weighted by molar-refractivity contribution is 6.32. The number of aryl methyl sites for hydroxylation is 1. The summed E-state index contributed by atoms with van der Waals surface area (Å²) in [6, 6.07) is 9.01. The Morgan fingerprint density at radius 2 is 1.89 bits per heavy atom. The molecule has 0 spiro atoms. The zero-order valence-electron chi connectivity index (χ0n) is 16.3. The maximum atomic E-state index is 12.8. The van der Waals surface area contributed by atoms with Crippen molar-refractivity contribution in [3.63, 3.8) is 0 Å². The molecule has 1 heterocycles. The number of methoxy groups -OCH3 is 2. The van der Waals surface area contributed by atoms with Crippen LogP contribution in [-0.2, 0) is 9.59 Å². The lowest BCUT2D eigenvalue weighted by atomic mass is 10.1. The first kappa shape index (κ1) is 20.0. The second-order valence-electron chi connectivity index (χ2n) is 6.80. The van der Waals surface area contributed by atoms with Crippen molar-refractivity contribution in [1.82, 2.24) is 0 Å². The Kier molecular flexibility index (Phi) is 5.79. The standard InChI is InChI=1S/C21H23ClN2O4/c1-12-6-5-7-16(13(12)2)23-21(26)14-8-20(25)24(11-14)17-9-15(22)18(27-3)10-19(17)28-4/h5-7,9-10,14H,8,11H2,1-4H3,(H,23,26)/t14-/m1/s1. The van der Waals surface area contributed by atoms with Crippen molar-refractivity contribution in [1.29, 1.82) is 0 Å². The maximum absolute atomic E-state index is 12.8. The molecule has 1 aliphatic heterocycles. The SMILES string of the molecule is COc1cc(OC)c(N2C[C@H](C(=O)Nc3cccc(C)c3C)CC2=O)cc1Cl. The molecule has 1 N–H and O–H groups in total. The van der Waals surface area contributed by atoms with E-state index in [0.717, 1.165) is 16.8 Å². The van der Waals surface area contributed by atoms with Crippen molar-refractivity contribution in [3.05, 3.63) is 46.5 Å². The topological polar surface area (TPSA) is 67.9 Å². The van der Waals surface area contributed by atoms with Crippen molar-refractivity contribution in [3.8, 4) is 11.5 Å². The number of amides is 2. The molecule has 2 amide bonds. The van der Waals surface area contributed by atoms with Crippen molar-refractivity contribution in [2.45, 2.75) is 20.3 Å². The molecule has 2 aromatic carbocycles. The maximum Gasteiger partial charge on any atom is 0.229 e. The van der Waals surface area contributed by atoms with E-state index in [-0.39, 0.29) is 24.8 Å². The Bertz CT molecular complexity index is 929. The van der Waals surface area contributed by atoms with Crippen molar-refractivity contribution < 1.29 is 19.1 Å². The number of ether oxygens (including phenoxy) is 2. The molecule has 3 rings (SSSR count). The molecule has 1 saturated heterocycles. The normalized spacial score (nSPS) is 16.2. The molecule has 0 unspecified atom stereocenters. The van der Waals surface area contributed by atoms with Crippen LogP contribution in [0.15, 0.2) is 30.3 Å². The highest BCUT2D eigenvalue weighted by Crippen LogP contribution is 2.40. The third kappa shape index (κ3) is 3.78. The quantitative estimate of drug-likeness (QED) is 0.821. The lowest BCUT2D eigenvalue weighted by molar-refractivity contribution is -0.122. The van der Waals surface area contributed by atoms with Crippen LogP contribution < -0.4 is 19.7 Å². The summed E-state index contributed by atoms with van der Waals surface area (Å²) in [6.45, 7) is 4.21. The Hall–Kier alpha value is -2.73. The predicted octanol–water partition coefficient (Wildman–Crippen LogP) is 3.97. The number of rotatable bonds is 5. The van der Waals surface area contributed by atoms with E-state index in [1.807, 2.05) is 32.0 Å². The molecule has 0 saturated carbocycles. The first-order chi connectivity index (χ1) is 13.3. The molecule has 0 aliphatic carbocycles. The zero-order valence-corrected chi connectivity index (χ0v) is 17.1. The molecule has 28 heavy (non-hydrogen) atoms. The number of hydrogen-bond donors (Lipinski definition) is 1. The zero-order chi connectivity index (χ0) is 20.4. The van der Waals surface area contributed by atoms with Gasteiger partial charge in [0.25, 0.3) is 0 Å². The van der Waals surface area contributed by atoms with E-state index in [1.54, 1.807) is 12.1 Å². The molecular weight excluding hydrogens is 380 g/mol. The van der Waals surface area contributed by atoms with Crippen molar-refractivity contribution >= 4 is 34.8 Å². The van der Waals surface area contributed by atoms with Crippen LogP contribution in [0.3, 0.4) is 0 Å². The van der Waals surface area contributed by atoms with E-state index in [9.17, 15) is 9.59 Å². The molecule has 0 bridgehead atoms. The van der Waals surface area contributed by atoms with Gasteiger partial charge in [-0.1, -0.05) is 23.7 Å². The van der Waals surface area contributed by atoms with Gasteiger partial charge in [0.15, 0.2) is 0 Å². The van der Waals surface area contributed by atoms with E-state index >= 15 is 0 Å². The summed E-state index contributed by atoms with van der Waals surface area (Å²) in [4.78, 5) is 26.9. The summed E-state index contributed by atoms with van der Waals surface area (Å²) < 4.78 is 10.6. The summed E-state index contributed by atoms with van der Waals surface area (Å²) in [5.41, 5.74) is 3.40. The molecule has 6 nitrogen and oxygen atoms in total. The van der Waals surface area contributed by atoms with Gasteiger partial charge in [-0.15, -0.1) is 0 Å². The van der Waals surface area contributed by atoms with Crippen LogP contribution in [0.1, 0.15) is 17.5 Å². The van der Waals surface area contributed by atoms with E-state index in [1.165, 1.54) is 19.1 Å². The first-order valence-electron chi connectivity index (χ1n) is 8.94. The van der Waals surface area contributed by atoms with Crippen molar-refractivity contribution in [2.75, 3.05) is 31.0 Å². The molecule has 7 heteroatoms. The Morgan fingerprint density at radius 3 is 2.57 bits per heavy atom. The lowest BCUT2D eigenvalue weighted by Crippen LogP contribution is -2.28. The smallest absolute Gasteiger partial charge is 0.229 e. The third-order valence-corrected chi connectivity index (χ3v) is 5.40. The van der Waals surface area contributed by atoms with Crippen LogP contribution in [-0.4, -0.2) is 32.6 Å². The molecule has 0 aromatic heterocycles. The highest BCUT2D eigenvalue weighted by Gasteiger charge is 2.36. The van der Waals surface area contributed by atoms with Gasteiger partial charge in [-0.2, -0.15) is 0 Å². The van der Waals surface area contributed by atoms with Gasteiger partial charge in [-0.3, -0.25) is 9.59 Å². The molecule has 1 fully saturated rings. The van der Waals surface area contributed by atoms with Crippen LogP contribution in [0.4, 0.5) is 11.4 Å². The summed E-state index contributed by atoms with van der Waals surface area (Å²) in [5.74, 6) is 0.130. The number of anilines is 2. The summed E-state index contributed by atoms with van der Waals surface area (Å²) in [6.07, 6.45) is 0.128. The summed E-state index contributed by atoms with van der Waals surface area (Å²) >= 11 is 6.23. The number of carbonyl (C=O) groups is 2. The number of benzene rings is 2. The fourth-order valence-electron chi connectivity index (χ4n) is 3.29. The van der Waals surface area contributed by atoms with Gasteiger partial charge in [0.2, 0.25) is 11.8 Å². The largest absolute Gasteiger partial charge is 0.495 e. The van der Waals surface area contributed by atoms with Gasteiger partial charge in [0.05, 0.1) is 30.8 Å². The van der Waals surface area contributed by atoms with Gasteiger partial charge in [0.1, 0.15) is 11.5 Å². The molecule has 2 aromatic rings. The molecule has 0 radical (unpaired) electrons. The minimum atomic E-state index is -0.460. The fourth-order valence-corrected chi connectivity index (χ4v) is 3.53. The molecule has 148 valence electrons. The Balaban J connectivity index is 1.81. The van der Waals surface area contributed by atoms with Gasteiger partial charge in [0, 0.05) is 24.7 Å². The van der Waals surface area contributed by atoms with Crippen molar-refractivity contribution in [2.24, 2.45) is 5.92 Å². The van der Waals surface area contributed by atoms with E-state index < -0.39 is 5.92 Å². The van der Waals surface area contributed by atoms with E-state index in [4.69, 9.17) is 21.1 Å². The summed E-state index contributed by atoms with van der Waals surface area (Å²) in [7, 11) is 3.02. The summed E-state index contributed by atoms with van der Waals surface area (Å²) in [5, 5.41) is 3.32. The number of halogens is 1. The van der Waals surface area contributed by atoms with Crippen LogP contribution in [0, 0.1) is 19.8 Å². The average Bonchev–Trinajstić information content (AvgIpc) is 3.07. The molecular formula is C21H23ClN2O4. The Labute approximate surface area is 169 Å². The van der Waals surface area contributed by atoms with Gasteiger partial charge in [-0.05, 0) is 37.1 Å². The second kappa shape index (κ2) is 8.10. The minimum absolute atomic E-state index is 0.128. The fraction of sp³-hybridized carbons (Fsp3) is 0.333. The number of nitrogens with zero attached hydrogens (tertiary/aromatic N) is 1. The molecule has 1 aliphatic rings. The van der Waals surface area contributed by atoms with Crippen LogP contribution in [0.5, 0.6) is 11.5 Å². The highest BCUT2D eigenvalue weighted by atomic mass is 35.5. The average molecular weight is 403 g/mol. The van der Waals surface area contributed by atoms with Crippen LogP contribution >= 0.6 is 11.6 Å². The van der Waals surface area contributed by atoms with Gasteiger partial charge < -0.3 is 19.7 Å². The third-order valence-electron chi connectivity index (χ3n) is 5.10. The first-order valence-corrected chi connectivity index (χ1v) is 9.32. The lowest BCUT2D eigenvalue weighted by Gasteiger charge is -2.21. The van der Waals surface area contributed by atoms with Crippen LogP contribution in [0.2, 0.25) is 5.02 Å². The monoisotopic (exact) mass is 402 g/mol.